The standard InChI is InChI=1S/C19H14ClFN2O3/c1-25-18-8-4-13(10-16(18)20)17-9-7-15(26-17)11-22-23-19(24)12-2-5-14(21)6-3-12/h2-11H,1H3,(H,23,24)/b22-11+. The molecule has 2 aromatic carbocycles. The van der Waals surface area contributed by atoms with Gasteiger partial charge >= 0.3 is 0 Å². The van der Waals surface area contributed by atoms with Crippen LogP contribution in [0.3, 0.4) is 0 Å². The second-order valence-corrected chi connectivity index (χ2v) is 5.66. The van der Waals surface area contributed by atoms with E-state index in [1.54, 1.807) is 31.4 Å². The van der Waals surface area contributed by atoms with Crippen molar-refractivity contribution in [3.63, 3.8) is 0 Å². The van der Waals surface area contributed by atoms with E-state index in [1.807, 2.05) is 6.07 Å². The van der Waals surface area contributed by atoms with Crippen LogP contribution >= 0.6 is 11.6 Å². The number of ether oxygens (including phenoxy) is 1. The Balaban J connectivity index is 1.66. The summed E-state index contributed by atoms with van der Waals surface area (Å²) in [6, 6.07) is 13.9. The summed E-state index contributed by atoms with van der Waals surface area (Å²) in [7, 11) is 1.54. The minimum absolute atomic E-state index is 0.302. The van der Waals surface area contributed by atoms with E-state index in [2.05, 4.69) is 10.5 Å². The molecule has 0 aliphatic carbocycles. The Hall–Kier alpha value is -3.12. The van der Waals surface area contributed by atoms with E-state index < -0.39 is 11.7 Å². The molecular formula is C19H14ClFN2O3. The smallest absolute Gasteiger partial charge is 0.271 e. The zero-order chi connectivity index (χ0) is 18.5. The van der Waals surface area contributed by atoms with E-state index in [1.165, 1.54) is 30.5 Å². The molecule has 1 N–H and O–H groups in total. The molecule has 3 rings (SSSR count). The highest BCUT2D eigenvalue weighted by Gasteiger charge is 2.08. The lowest BCUT2D eigenvalue weighted by Crippen LogP contribution is -2.17. The third-order valence-electron chi connectivity index (χ3n) is 3.53. The van der Waals surface area contributed by atoms with Crippen LogP contribution in [0.4, 0.5) is 4.39 Å². The molecule has 0 aliphatic rings. The molecule has 0 aliphatic heterocycles. The lowest BCUT2D eigenvalue weighted by atomic mass is 10.2. The van der Waals surface area contributed by atoms with Crippen molar-refractivity contribution in [2.75, 3.05) is 7.11 Å². The first-order valence-electron chi connectivity index (χ1n) is 7.59. The quantitative estimate of drug-likeness (QED) is 0.529. The first kappa shape index (κ1) is 17.7. The average molecular weight is 373 g/mol. The Morgan fingerprint density at radius 1 is 1.19 bits per heavy atom. The summed E-state index contributed by atoms with van der Waals surface area (Å²) in [4.78, 5) is 11.9. The monoisotopic (exact) mass is 372 g/mol. The number of halogens is 2. The molecule has 0 unspecified atom stereocenters. The maximum Gasteiger partial charge on any atom is 0.271 e. The predicted molar refractivity (Wildman–Crippen MR) is 97.2 cm³/mol. The zero-order valence-corrected chi connectivity index (χ0v) is 14.5. The van der Waals surface area contributed by atoms with Crippen LogP contribution in [0, 0.1) is 5.82 Å². The average Bonchev–Trinajstić information content (AvgIpc) is 3.11. The maximum absolute atomic E-state index is 12.8. The van der Waals surface area contributed by atoms with E-state index in [9.17, 15) is 9.18 Å². The summed E-state index contributed by atoms with van der Waals surface area (Å²) in [5.41, 5.74) is 3.44. The second kappa shape index (κ2) is 7.84. The molecule has 3 aromatic rings. The Bertz CT molecular complexity index is 952. The number of hydrazone groups is 1. The van der Waals surface area contributed by atoms with Gasteiger partial charge in [0, 0.05) is 11.1 Å². The van der Waals surface area contributed by atoms with Gasteiger partial charge in [-0.2, -0.15) is 5.10 Å². The number of furan rings is 1. The Kier molecular flexibility index (Phi) is 5.34. The highest BCUT2D eigenvalue weighted by atomic mass is 35.5. The fraction of sp³-hybridized carbons (Fsp3) is 0.0526. The number of carbonyl (C=O) groups excluding carboxylic acids is 1. The largest absolute Gasteiger partial charge is 0.495 e. The number of amides is 1. The van der Waals surface area contributed by atoms with Crippen molar-refractivity contribution in [2.45, 2.75) is 0 Å². The molecule has 26 heavy (non-hydrogen) atoms. The third-order valence-corrected chi connectivity index (χ3v) is 3.82. The van der Waals surface area contributed by atoms with Crippen molar-refractivity contribution >= 4 is 23.7 Å². The van der Waals surface area contributed by atoms with Crippen LogP contribution in [0.25, 0.3) is 11.3 Å². The Morgan fingerprint density at radius 2 is 1.96 bits per heavy atom. The van der Waals surface area contributed by atoms with Crippen molar-refractivity contribution < 1.29 is 18.3 Å². The molecule has 0 saturated carbocycles. The zero-order valence-electron chi connectivity index (χ0n) is 13.7. The van der Waals surface area contributed by atoms with Crippen LogP contribution in [0.2, 0.25) is 5.02 Å². The van der Waals surface area contributed by atoms with E-state index in [0.717, 1.165) is 5.56 Å². The molecule has 0 radical (unpaired) electrons. The van der Waals surface area contributed by atoms with Crippen molar-refractivity contribution in [3.05, 3.63) is 76.8 Å². The van der Waals surface area contributed by atoms with Gasteiger partial charge in [-0.05, 0) is 54.6 Å². The number of methoxy groups -OCH3 is 1. The molecule has 0 spiro atoms. The van der Waals surface area contributed by atoms with E-state index in [-0.39, 0.29) is 0 Å². The Labute approximate surface area is 154 Å². The van der Waals surface area contributed by atoms with E-state index in [0.29, 0.717) is 27.9 Å². The van der Waals surface area contributed by atoms with Crippen molar-refractivity contribution in [1.29, 1.82) is 0 Å². The number of rotatable bonds is 5. The first-order chi connectivity index (χ1) is 12.6. The van der Waals surface area contributed by atoms with Gasteiger partial charge in [-0.25, -0.2) is 9.82 Å². The SMILES string of the molecule is COc1ccc(-c2ccc(/C=N/NC(=O)c3ccc(F)cc3)o2)cc1Cl. The maximum atomic E-state index is 12.8. The number of carbonyl (C=O) groups is 1. The van der Waals surface area contributed by atoms with E-state index >= 15 is 0 Å². The molecule has 7 heteroatoms. The lowest BCUT2D eigenvalue weighted by Gasteiger charge is -2.04. The number of hydrogen-bond acceptors (Lipinski definition) is 4. The van der Waals surface area contributed by atoms with Gasteiger partial charge in [-0.15, -0.1) is 0 Å². The first-order valence-corrected chi connectivity index (χ1v) is 7.97. The van der Waals surface area contributed by atoms with Gasteiger partial charge in [-0.3, -0.25) is 4.79 Å². The molecule has 132 valence electrons. The molecule has 0 bridgehead atoms. The molecule has 0 saturated heterocycles. The molecule has 1 heterocycles. The molecule has 1 aromatic heterocycles. The molecule has 0 fully saturated rings. The summed E-state index contributed by atoms with van der Waals surface area (Å²) in [6.45, 7) is 0. The van der Waals surface area contributed by atoms with Crippen molar-refractivity contribution in [1.82, 2.24) is 5.43 Å². The number of benzene rings is 2. The van der Waals surface area contributed by atoms with E-state index in [4.69, 9.17) is 20.8 Å². The normalized spacial score (nSPS) is 10.9. The molecule has 1 amide bonds. The van der Waals surface area contributed by atoms with Gasteiger partial charge in [-0.1, -0.05) is 11.6 Å². The molecule has 5 nitrogen and oxygen atoms in total. The van der Waals surface area contributed by atoms with Gasteiger partial charge in [0.15, 0.2) is 0 Å². The Morgan fingerprint density at radius 3 is 2.65 bits per heavy atom. The van der Waals surface area contributed by atoms with Gasteiger partial charge in [0.05, 0.1) is 18.3 Å². The van der Waals surface area contributed by atoms with Crippen LogP contribution < -0.4 is 10.2 Å². The molecule has 0 atom stereocenters. The topological polar surface area (TPSA) is 63.8 Å². The van der Waals surface area contributed by atoms with Crippen molar-refractivity contribution in [2.24, 2.45) is 5.10 Å². The number of nitrogens with one attached hydrogen (secondary N) is 1. The lowest BCUT2D eigenvalue weighted by molar-refractivity contribution is 0.0955. The third kappa shape index (κ3) is 4.10. The minimum Gasteiger partial charge on any atom is -0.495 e. The van der Waals surface area contributed by atoms with Crippen LogP contribution in [0.15, 0.2) is 64.1 Å². The predicted octanol–water partition coefficient (Wildman–Crippen LogP) is 4.51. The van der Waals surface area contributed by atoms with Gasteiger partial charge < -0.3 is 9.15 Å². The van der Waals surface area contributed by atoms with Crippen LogP contribution in [-0.2, 0) is 0 Å². The highest BCUT2D eigenvalue weighted by Crippen LogP contribution is 2.30. The summed E-state index contributed by atoms with van der Waals surface area (Å²) in [5.74, 6) is 0.765. The highest BCUT2D eigenvalue weighted by molar-refractivity contribution is 6.32. The van der Waals surface area contributed by atoms with Crippen LogP contribution in [0.1, 0.15) is 16.1 Å². The number of nitrogens with zero attached hydrogens (tertiary/aromatic N) is 1. The van der Waals surface area contributed by atoms with Crippen molar-refractivity contribution in [3.8, 4) is 17.1 Å². The van der Waals surface area contributed by atoms with Crippen LogP contribution in [-0.4, -0.2) is 19.2 Å². The summed E-state index contributed by atoms with van der Waals surface area (Å²) < 4.78 is 23.6. The second-order valence-electron chi connectivity index (χ2n) is 5.26. The van der Waals surface area contributed by atoms with Gasteiger partial charge in [0.1, 0.15) is 23.1 Å². The fourth-order valence-electron chi connectivity index (χ4n) is 2.22. The van der Waals surface area contributed by atoms with Gasteiger partial charge in [0.2, 0.25) is 0 Å². The summed E-state index contributed by atoms with van der Waals surface area (Å²) >= 11 is 6.11. The number of hydrogen-bond donors (Lipinski definition) is 1. The minimum atomic E-state index is -0.449. The summed E-state index contributed by atoms with van der Waals surface area (Å²) in [5, 5.41) is 4.31. The van der Waals surface area contributed by atoms with Gasteiger partial charge in [0.25, 0.3) is 5.91 Å². The molecular weight excluding hydrogens is 359 g/mol. The van der Waals surface area contributed by atoms with Crippen LogP contribution in [0.5, 0.6) is 5.75 Å². The summed E-state index contributed by atoms with van der Waals surface area (Å²) in [6.07, 6.45) is 1.37. The fourth-order valence-corrected chi connectivity index (χ4v) is 2.48.